The third-order valence-corrected chi connectivity index (χ3v) is 3.67. The van der Waals surface area contributed by atoms with Crippen LogP contribution in [0.5, 0.6) is 5.75 Å². The Morgan fingerprint density at radius 2 is 1.80 bits per heavy atom. The fourth-order valence-corrected chi connectivity index (χ4v) is 2.68. The second-order valence-electron chi connectivity index (χ2n) is 5.29. The Balaban J connectivity index is 1.85. The average Bonchev–Trinajstić information content (AvgIpc) is 2.40. The van der Waals surface area contributed by atoms with Crippen molar-refractivity contribution in [3.63, 3.8) is 0 Å². The summed E-state index contributed by atoms with van der Waals surface area (Å²) in [5.41, 5.74) is 0.542. The number of benzene rings is 1. The predicted octanol–water partition coefficient (Wildman–Crippen LogP) is 4.26. The van der Waals surface area contributed by atoms with Crippen LogP contribution in [0.15, 0.2) is 24.3 Å². The van der Waals surface area contributed by atoms with Gasteiger partial charge in [-0.05, 0) is 31.4 Å². The van der Waals surface area contributed by atoms with Gasteiger partial charge in [-0.2, -0.15) is 0 Å². The summed E-state index contributed by atoms with van der Waals surface area (Å²) < 4.78 is 40.9. The van der Waals surface area contributed by atoms with Gasteiger partial charge >= 0.3 is 6.36 Å². The fourth-order valence-electron chi connectivity index (χ4n) is 2.68. The molecule has 0 amide bonds. The van der Waals surface area contributed by atoms with E-state index < -0.39 is 6.36 Å². The molecule has 112 valence electrons. The molecule has 0 radical (unpaired) electrons. The van der Waals surface area contributed by atoms with Crippen LogP contribution in [0, 0.1) is 5.92 Å². The minimum Gasteiger partial charge on any atom is -0.405 e. The summed E-state index contributed by atoms with van der Waals surface area (Å²) in [6, 6.07) is 6.28. The molecule has 1 N–H and O–H groups in total. The van der Waals surface area contributed by atoms with E-state index in [0.717, 1.165) is 6.54 Å². The molecule has 2 nitrogen and oxygen atoms in total. The van der Waals surface area contributed by atoms with E-state index in [-0.39, 0.29) is 5.75 Å². The summed E-state index contributed by atoms with van der Waals surface area (Å²) in [5, 5.41) is 3.25. The first kappa shape index (κ1) is 15.2. The topological polar surface area (TPSA) is 21.3 Å². The largest absolute Gasteiger partial charge is 0.573 e. The highest BCUT2D eigenvalue weighted by Crippen LogP contribution is 2.26. The molecule has 0 atom stereocenters. The first-order chi connectivity index (χ1) is 9.54. The molecule has 0 saturated heterocycles. The van der Waals surface area contributed by atoms with E-state index in [2.05, 4.69) is 10.1 Å². The Hall–Kier alpha value is -1.23. The number of hydrogen-bond acceptors (Lipinski definition) is 2. The molecule has 0 heterocycles. The molecule has 20 heavy (non-hydrogen) atoms. The number of ether oxygens (including phenoxy) is 1. The van der Waals surface area contributed by atoms with E-state index in [1.807, 2.05) is 0 Å². The molecule has 1 aromatic rings. The van der Waals surface area contributed by atoms with Gasteiger partial charge in [-0.1, -0.05) is 37.5 Å². The predicted molar refractivity (Wildman–Crippen MR) is 71.4 cm³/mol. The van der Waals surface area contributed by atoms with Crippen LogP contribution in [0.3, 0.4) is 0 Å². The highest BCUT2D eigenvalue weighted by atomic mass is 19.4. The van der Waals surface area contributed by atoms with E-state index in [4.69, 9.17) is 0 Å². The second-order valence-corrected chi connectivity index (χ2v) is 5.29. The summed E-state index contributed by atoms with van der Waals surface area (Å²) >= 11 is 0. The Kier molecular flexibility index (Phi) is 5.29. The lowest BCUT2D eigenvalue weighted by atomic mass is 9.89. The third kappa shape index (κ3) is 5.04. The molecule has 0 aliphatic heterocycles. The first-order valence-electron chi connectivity index (χ1n) is 7.09. The highest BCUT2D eigenvalue weighted by Gasteiger charge is 2.31. The molecule has 0 bridgehead atoms. The summed E-state index contributed by atoms with van der Waals surface area (Å²) in [7, 11) is 0. The molecule has 0 unspecified atom stereocenters. The Morgan fingerprint density at radius 3 is 2.50 bits per heavy atom. The zero-order valence-corrected chi connectivity index (χ0v) is 11.4. The molecular weight excluding hydrogens is 267 g/mol. The quantitative estimate of drug-likeness (QED) is 0.874. The zero-order valence-electron chi connectivity index (χ0n) is 11.4. The fraction of sp³-hybridized carbons (Fsp3) is 0.600. The zero-order chi connectivity index (χ0) is 14.4. The number of hydrogen-bond donors (Lipinski definition) is 1. The van der Waals surface area contributed by atoms with Crippen LogP contribution in [0.25, 0.3) is 0 Å². The maximum Gasteiger partial charge on any atom is 0.573 e. The molecule has 1 aliphatic carbocycles. The normalized spacial score (nSPS) is 17.1. The van der Waals surface area contributed by atoms with Crippen molar-refractivity contribution in [3.05, 3.63) is 29.8 Å². The Labute approximate surface area is 117 Å². The first-order valence-corrected chi connectivity index (χ1v) is 7.09. The van der Waals surface area contributed by atoms with Crippen LogP contribution in [0.2, 0.25) is 0 Å². The van der Waals surface area contributed by atoms with E-state index in [1.165, 1.54) is 38.2 Å². The van der Waals surface area contributed by atoms with Crippen LogP contribution in [0.1, 0.15) is 37.7 Å². The van der Waals surface area contributed by atoms with Crippen LogP contribution in [-0.4, -0.2) is 12.9 Å². The number of rotatable bonds is 5. The van der Waals surface area contributed by atoms with Gasteiger partial charge in [0.05, 0.1) is 0 Å². The molecule has 1 aromatic carbocycles. The van der Waals surface area contributed by atoms with Crippen LogP contribution in [0.4, 0.5) is 13.2 Å². The van der Waals surface area contributed by atoms with Crippen molar-refractivity contribution in [1.29, 1.82) is 0 Å². The number of alkyl halides is 3. The van der Waals surface area contributed by atoms with Crippen molar-refractivity contribution < 1.29 is 17.9 Å². The van der Waals surface area contributed by atoms with Gasteiger partial charge in [-0.15, -0.1) is 13.2 Å². The lowest BCUT2D eigenvalue weighted by molar-refractivity contribution is -0.274. The second kappa shape index (κ2) is 6.97. The van der Waals surface area contributed by atoms with Crippen molar-refractivity contribution in [1.82, 2.24) is 5.32 Å². The molecule has 2 rings (SSSR count). The summed E-state index contributed by atoms with van der Waals surface area (Å²) in [6.07, 6.45) is 1.62. The van der Waals surface area contributed by atoms with Crippen LogP contribution in [-0.2, 0) is 6.54 Å². The van der Waals surface area contributed by atoms with Gasteiger partial charge in [-0.25, -0.2) is 0 Å². The van der Waals surface area contributed by atoms with Crippen molar-refractivity contribution in [2.75, 3.05) is 6.54 Å². The minimum atomic E-state index is -4.64. The molecular formula is C15H20F3NO. The van der Waals surface area contributed by atoms with E-state index in [9.17, 15) is 13.2 Å². The van der Waals surface area contributed by atoms with Crippen molar-refractivity contribution in [2.45, 2.75) is 45.0 Å². The molecule has 0 spiro atoms. The Bertz CT molecular complexity index is 414. The number of nitrogens with one attached hydrogen (secondary N) is 1. The highest BCUT2D eigenvalue weighted by molar-refractivity contribution is 5.33. The molecule has 5 heteroatoms. The molecule has 1 aliphatic rings. The summed E-state index contributed by atoms with van der Waals surface area (Å²) in [6.45, 7) is 1.27. The monoisotopic (exact) mass is 287 g/mol. The van der Waals surface area contributed by atoms with Gasteiger partial charge < -0.3 is 10.1 Å². The smallest absolute Gasteiger partial charge is 0.405 e. The number of halogens is 3. The van der Waals surface area contributed by atoms with Gasteiger partial charge in [0.1, 0.15) is 5.75 Å². The molecule has 1 fully saturated rings. The van der Waals surface area contributed by atoms with Gasteiger partial charge in [0.2, 0.25) is 0 Å². The minimum absolute atomic E-state index is 0.115. The lowest BCUT2D eigenvalue weighted by Crippen LogP contribution is -2.25. The lowest BCUT2D eigenvalue weighted by Gasteiger charge is -2.22. The van der Waals surface area contributed by atoms with E-state index >= 15 is 0 Å². The molecule has 1 saturated carbocycles. The van der Waals surface area contributed by atoms with Crippen LogP contribution < -0.4 is 10.1 Å². The van der Waals surface area contributed by atoms with Gasteiger partial charge in [0.15, 0.2) is 0 Å². The Morgan fingerprint density at radius 1 is 1.10 bits per heavy atom. The van der Waals surface area contributed by atoms with E-state index in [1.54, 1.807) is 18.2 Å². The van der Waals surface area contributed by atoms with E-state index in [0.29, 0.717) is 18.0 Å². The summed E-state index contributed by atoms with van der Waals surface area (Å²) in [4.78, 5) is 0. The molecule has 0 aromatic heterocycles. The van der Waals surface area contributed by atoms with Crippen molar-refractivity contribution in [3.8, 4) is 5.75 Å². The van der Waals surface area contributed by atoms with Crippen LogP contribution >= 0.6 is 0 Å². The van der Waals surface area contributed by atoms with Gasteiger partial charge in [-0.3, -0.25) is 0 Å². The SMILES string of the molecule is FC(F)(F)Oc1ccccc1CNCC1CCCCC1. The van der Waals surface area contributed by atoms with Gasteiger partial charge in [0.25, 0.3) is 0 Å². The average molecular weight is 287 g/mol. The number of para-hydroxylation sites is 1. The van der Waals surface area contributed by atoms with Crippen molar-refractivity contribution >= 4 is 0 Å². The maximum atomic E-state index is 12.3. The maximum absolute atomic E-state index is 12.3. The standard InChI is InChI=1S/C15H20F3NO/c16-15(17,18)20-14-9-5-4-8-13(14)11-19-10-12-6-2-1-3-7-12/h4-5,8-9,12,19H,1-3,6-7,10-11H2. The van der Waals surface area contributed by atoms with Gasteiger partial charge in [0, 0.05) is 12.1 Å². The third-order valence-electron chi connectivity index (χ3n) is 3.67. The van der Waals surface area contributed by atoms with Crippen molar-refractivity contribution in [2.24, 2.45) is 5.92 Å². The summed E-state index contributed by atoms with van der Waals surface area (Å²) in [5.74, 6) is 0.538.